The monoisotopic (exact) mass is 401 g/mol. The lowest BCUT2D eigenvalue weighted by molar-refractivity contribution is -0.133. The first kappa shape index (κ1) is 18.8. The molecule has 0 saturated carbocycles. The fraction of sp³-hybridized carbons (Fsp3) is 0.474. The first-order chi connectivity index (χ1) is 13.6. The van der Waals surface area contributed by atoms with Crippen LogP contribution in [0.15, 0.2) is 25.8 Å². The summed E-state index contributed by atoms with van der Waals surface area (Å²) < 4.78 is 10.9. The van der Waals surface area contributed by atoms with Crippen molar-refractivity contribution < 1.29 is 13.7 Å². The number of rotatable bonds is 6. The van der Waals surface area contributed by atoms with Crippen LogP contribution >= 0.6 is 11.3 Å². The minimum Gasteiger partial charge on any atom is -0.421 e. The average Bonchev–Trinajstić information content (AvgIpc) is 3.45. The Hall–Kier alpha value is -2.52. The lowest BCUT2D eigenvalue weighted by Gasteiger charge is -2.34. The fourth-order valence-electron chi connectivity index (χ4n) is 3.34. The predicted molar refractivity (Wildman–Crippen MR) is 104 cm³/mol. The summed E-state index contributed by atoms with van der Waals surface area (Å²) in [6, 6.07) is 1.94. The van der Waals surface area contributed by atoms with Gasteiger partial charge in [0.25, 0.3) is 0 Å². The summed E-state index contributed by atoms with van der Waals surface area (Å²) in [5.74, 6) is 2.02. The predicted octanol–water partition coefficient (Wildman–Crippen LogP) is 2.68. The van der Waals surface area contributed by atoms with E-state index in [1.165, 1.54) is 0 Å². The van der Waals surface area contributed by atoms with Crippen LogP contribution in [0.2, 0.25) is 0 Å². The molecule has 4 heterocycles. The third kappa shape index (κ3) is 4.15. The number of piperazine rings is 1. The summed E-state index contributed by atoms with van der Waals surface area (Å²) in [5.41, 5.74) is 3.01. The van der Waals surface area contributed by atoms with E-state index in [0.29, 0.717) is 24.6 Å². The Morgan fingerprint density at radius 3 is 2.71 bits per heavy atom. The van der Waals surface area contributed by atoms with Crippen LogP contribution in [0.25, 0.3) is 11.5 Å². The van der Waals surface area contributed by atoms with Crippen molar-refractivity contribution in [3.63, 3.8) is 0 Å². The summed E-state index contributed by atoms with van der Waals surface area (Å²) in [7, 11) is 0. The third-order valence-electron chi connectivity index (χ3n) is 5.08. The van der Waals surface area contributed by atoms with Gasteiger partial charge >= 0.3 is 0 Å². The Morgan fingerprint density at radius 2 is 2.04 bits per heavy atom. The van der Waals surface area contributed by atoms with Gasteiger partial charge in [0, 0.05) is 62.1 Å². The molecular weight excluding hydrogens is 378 g/mol. The second-order valence-corrected chi connectivity index (χ2v) is 7.75. The highest BCUT2D eigenvalue weighted by atomic mass is 32.1. The Kier molecular flexibility index (Phi) is 5.54. The largest absolute Gasteiger partial charge is 0.421 e. The number of thiophene rings is 1. The first-order valence-corrected chi connectivity index (χ1v) is 10.3. The standard InChI is InChI=1S/C19H23N5O3S/c1-13-16(14(2)27-22-13)11-23-6-8-24(9-7-23)18(25)4-3-17-20-21-19(26-17)15-5-10-28-12-15/h5,10,12H,3-4,6-9,11H2,1-2H3. The van der Waals surface area contributed by atoms with Crippen molar-refractivity contribution in [3.05, 3.63) is 39.7 Å². The molecule has 1 aliphatic rings. The van der Waals surface area contributed by atoms with Gasteiger partial charge in [0.15, 0.2) is 0 Å². The van der Waals surface area contributed by atoms with Gasteiger partial charge in [-0.2, -0.15) is 11.3 Å². The Bertz CT molecular complexity index is 906. The van der Waals surface area contributed by atoms with Crippen LogP contribution in [-0.2, 0) is 17.8 Å². The lowest BCUT2D eigenvalue weighted by atomic mass is 10.1. The summed E-state index contributed by atoms with van der Waals surface area (Å²) in [4.78, 5) is 16.8. The van der Waals surface area contributed by atoms with Gasteiger partial charge in [-0.1, -0.05) is 5.16 Å². The van der Waals surface area contributed by atoms with E-state index < -0.39 is 0 Å². The van der Waals surface area contributed by atoms with Crippen LogP contribution in [0.5, 0.6) is 0 Å². The number of hydrogen-bond acceptors (Lipinski definition) is 8. The van der Waals surface area contributed by atoms with Crippen molar-refractivity contribution in [2.75, 3.05) is 26.2 Å². The number of aryl methyl sites for hydroxylation is 3. The van der Waals surface area contributed by atoms with Gasteiger partial charge in [0.05, 0.1) is 5.69 Å². The fourth-order valence-corrected chi connectivity index (χ4v) is 3.97. The zero-order valence-electron chi connectivity index (χ0n) is 16.1. The second-order valence-electron chi connectivity index (χ2n) is 6.97. The van der Waals surface area contributed by atoms with Crippen LogP contribution < -0.4 is 0 Å². The number of carbonyl (C=O) groups excluding carboxylic acids is 1. The highest BCUT2D eigenvalue weighted by molar-refractivity contribution is 7.08. The molecule has 0 bridgehead atoms. The smallest absolute Gasteiger partial charge is 0.248 e. The van der Waals surface area contributed by atoms with Gasteiger partial charge in [0.2, 0.25) is 17.7 Å². The number of aromatic nitrogens is 3. The lowest BCUT2D eigenvalue weighted by Crippen LogP contribution is -2.48. The molecule has 3 aromatic rings. The molecule has 0 N–H and O–H groups in total. The van der Waals surface area contributed by atoms with Gasteiger partial charge in [-0.05, 0) is 25.3 Å². The molecule has 4 rings (SSSR count). The maximum Gasteiger partial charge on any atom is 0.248 e. The van der Waals surface area contributed by atoms with E-state index in [2.05, 4.69) is 20.3 Å². The molecule has 0 unspecified atom stereocenters. The Labute approximate surface area is 167 Å². The second kappa shape index (κ2) is 8.24. The van der Waals surface area contributed by atoms with E-state index in [4.69, 9.17) is 8.94 Å². The Balaban J connectivity index is 1.24. The van der Waals surface area contributed by atoms with Gasteiger partial charge in [-0.25, -0.2) is 0 Å². The average molecular weight is 401 g/mol. The highest BCUT2D eigenvalue weighted by Crippen LogP contribution is 2.21. The number of amides is 1. The van der Waals surface area contributed by atoms with E-state index in [0.717, 1.165) is 55.3 Å². The summed E-state index contributed by atoms with van der Waals surface area (Å²) in [5, 5.41) is 16.0. The van der Waals surface area contributed by atoms with Crippen molar-refractivity contribution in [2.45, 2.75) is 33.2 Å². The molecule has 8 nitrogen and oxygen atoms in total. The molecule has 0 aliphatic carbocycles. The molecule has 0 aromatic carbocycles. The third-order valence-corrected chi connectivity index (χ3v) is 5.76. The molecule has 3 aromatic heterocycles. The first-order valence-electron chi connectivity index (χ1n) is 9.37. The molecule has 1 amide bonds. The maximum atomic E-state index is 12.5. The quantitative estimate of drug-likeness (QED) is 0.627. The minimum absolute atomic E-state index is 0.132. The molecule has 28 heavy (non-hydrogen) atoms. The number of carbonyl (C=O) groups is 1. The van der Waals surface area contributed by atoms with E-state index in [9.17, 15) is 4.79 Å². The van der Waals surface area contributed by atoms with Gasteiger partial charge in [-0.3, -0.25) is 9.69 Å². The number of hydrogen-bond donors (Lipinski definition) is 0. The van der Waals surface area contributed by atoms with Crippen molar-refractivity contribution in [1.29, 1.82) is 0 Å². The zero-order valence-corrected chi connectivity index (χ0v) is 16.9. The topological polar surface area (TPSA) is 88.5 Å². The highest BCUT2D eigenvalue weighted by Gasteiger charge is 2.23. The molecule has 0 atom stereocenters. The van der Waals surface area contributed by atoms with Crippen molar-refractivity contribution in [2.24, 2.45) is 0 Å². The van der Waals surface area contributed by atoms with Gasteiger partial charge in [-0.15, -0.1) is 10.2 Å². The molecule has 1 fully saturated rings. The van der Waals surface area contributed by atoms with Crippen molar-refractivity contribution in [3.8, 4) is 11.5 Å². The van der Waals surface area contributed by atoms with Gasteiger partial charge < -0.3 is 13.8 Å². The molecule has 0 spiro atoms. The summed E-state index contributed by atoms with van der Waals surface area (Å²) in [6.45, 7) is 7.87. The van der Waals surface area contributed by atoms with Crippen LogP contribution in [0.3, 0.4) is 0 Å². The van der Waals surface area contributed by atoms with Crippen LogP contribution in [-0.4, -0.2) is 57.2 Å². The maximum absolute atomic E-state index is 12.5. The number of nitrogens with zero attached hydrogens (tertiary/aromatic N) is 5. The van der Waals surface area contributed by atoms with Crippen LogP contribution in [0.1, 0.15) is 29.3 Å². The van der Waals surface area contributed by atoms with Crippen molar-refractivity contribution in [1.82, 2.24) is 25.2 Å². The van der Waals surface area contributed by atoms with Gasteiger partial charge in [0.1, 0.15) is 5.76 Å². The Morgan fingerprint density at radius 1 is 1.21 bits per heavy atom. The van der Waals surface area contributed by atoms with Crippen LogP contribution in [0, 0.1) is 13.8 Å². The summed E-state index contributed by atoms with van der Waals surface area (Å²) >= 11 is 1.58. The minimum atomic E-state index is 0.132. The van der Waals surface area contributed by atoms with Crippen molar-refractivity contribution >= 4 is 17.2 Å². The van der Waals surface area contributed by atoms with E-state index in [-0.39, 0.29) is 5.91 Å². The molecular formula is C19H23N5O3S. The molecule has 1 saturated heterocycles. The normalized spacial score (nSPS) is 15.3. The van der Waals surface area contributed by atoms with Crippen LogP contribution in [0.4, 0.5) is 0 Å². The SMILES string of the molecule is Cc1noc(C)c1CN1CCN(C(=O)CCc2nnc(-c3ccsc3)o2)CC1. The molecule has 1 aliphatic heterocycles. The van der Waals surface area contributed by atoms with E-state index >= 15 is 0 Å². The molecule has 0 radical (unpaired) electrons. The molecule has 148 valence electrons. The molecule has 9 heteroatoms. The van der Waals surface area contributed by atoms with E-state index in [1.54, 1.807) is 11.3 Å². The zero-order chi connectivity index (χ0) is 19.5. The summed E-state index contributed by atoms with van der Waals surface area (Å²) in [6.07, 6.45) is 0.852. The van der Waals surface area contributed by atoms with E-state index in [1.807, 2.05) is 35.6 Å².